The first-order valence-corrected chi connectivity index (χ1v) is 6.16. The smallest absolute Gasteiger partial charge is 0.146 e. The molecule has 1 fully saturated rings. The summed E-state index contributed by atoms with van der Waals surface area (Å²) in [6.45, 7) is 1.34. The first kappa shape index (κ1) is 12.8. The summed E-state index contributed by atoms with van der Waals surface area (Å²) in [5, 5.41) is 9.85. The molecule has 0 saturated carbocycles. The minimum absolute atomic E-state index is 0.196. The zero-order valence-corrected chi connectivity index (χ0v) is 11.1. The summed E-state index contributed by atoms with van der Waals surface area (Å²) in [5.74, 6) is 0.835. The molecule has 0 bridgehead atoms. The van der Waals surface area contributed by atoms with Crippen molar-refractivity contribution in [3.63, 3.8) is 0 Å². The highest BCUT2D eigenvalue weighted by Gasteiger charge is 2.32. The highest BCUT2D eigenvalue weighted by Crippen LogP contribution is 2.21. The van der Waals surface area contributed by atoms with Crippen molar-refractivity contribution in [2.75, 3.05) is 31.9 Å². The summed E-state index contributed by atoms with van der Waals surface area (Å²) in [4.78, 5) is 6.34. The molecule has 94 valence electrons. The molecule has 2 atom stereocenters. The van der Waals surface area contributed by atoms with Gasteiger partial charge in [-0.15, -0.1) is 0 Å². The molecule has 5 nitrogen and oxygen atoms in total. The highest BCUT2D eigenvalue weighted by atomic mass is 79.9. The minimum Gasteiger partial charge on any atom is -0.388 e. The number of anilines is 1. The topological polar surface area (TPSA) is 54.8 Å². The van der Waals surface area contributed by atoms with E-state index in [-0.39, 0.29) is 12.9 Å². The van der Waals surface area contributed by atoms with Crippen molar-refractivity contribution in [2.45, 2.75) is 12.2 Å². The van der Waals surface area contributed by atoms with E-state index in [0.29, 0.717) is 13.1 Å². The summed E-state index contributed by atoms with van der Waals surface area (Å²) in [5.41, 5.74) is 0. The Labute approximate surface area is 108 Å². The summed E-state index contributed by atoms with van der Waals surface area (Å²) in [7, 11) is 1.56. The van der Waals surface area contributed by atoms with Crippen molar-refractivity contribution >= 4 is 21.7 Å². The van der Waals surface area contributed by atoms with Gasteiger partial charge in [0, 0.05) is 20.2 Å². The lowest BCUT2D eigenvalue weighted by atomic mass is 10.3. The molecular formula is C11H15BrN2O3. The second-order valence-electron chi connectivity index (χ2n) is 3.90. The Morgan fingerprint density at radius 1 is 1.53 bits per heavy atom. The quantitative estimate of drug-likeness (QED) is 0.665. The van der Waals surface area contributed by atoms with Crippen molar-refractivity contribution in [3.8, 4) is 0 Å². The Hall–Kier alpha value is -0.690. The average Bonchev–Trinajstić information content (AvgIpc) is 2.68. The van der Waals surface area contributed by atoms with Gasteiger partial charge in [-0.05, 0) is 28.1 Å². The van der Waals surface area contributed by atoms with E-state index < -0.39 is 6.10 Å². The van der Waals surface area contributed by atoms with E-state index in [2.05, 4.69) is 20.9 Å². The van der Waals surface area contributed by atoms with Gasteiger partial charge in [-0.2, -0.15) is 0 Å². The van der Waals surface area contributed by atoms with Crippen LogP contribution in [0.5, 0.6) is 0 Å². The molecule has 0 radical (unpaired) electrons. The van der Waals surface area contributed by atoms with E-state index in [4.69, 9.17) is 9.47 Å². The van der Waals surface area contributed by atoms with Crippen LogP contribution in [0.4, 0.5) is 5.82 Å². The van der Waals surface area contributed by atoms with Crippen molar-refractivity contribution in [1.29, 1.82) is 0 Å². The van der Waals surface area contributed by atoms with Crippen LogP contribution in [0.1, 0.15) is 0 Å². The largest absolute Gasteiger partial charge is 0.388 e. The number of hydrogen-bond donors (Lipinski definition) is 1. The summed E-state index contributed by atoms with van der Waals surface area (Å²) < 4.78 is 11.0. The van der Waals surface area contributed by atoms with Gasteiger partial charge in [-0.25, -0.2) is 4.98 Å². The molecule has 1 saturated heterocycles. The second kappa shape index (κ2) is 5.77. The number of hydrogen-bond acceptors (Lipinski definition) is 5. The third kappa shape index (κ3) is 3.16. The molecule has 17 heavy (non-hydrogen) atoms. The Morgan fingerprint density at radius 2 is 2.35 bits per heavy atom. The lowest BCUT2D eigenvalue weighted by Gasteiger charge is -2.17. The number of aliphatic hydroxyl groups excluding tert-OH is 1. The monoisotopic (exact) mass is 302 g/mol. The molecule has 0 spiro atoms. The van der Waals surface area contributed by atoms with Gasteiger partial charge in [-0.3, -0.25) is 0 Å². The summed E-state index contributed by atoms with van der Waals surface area (Å²) in [6.07, 6.45) is -0.735. The third-order valence-electron chi connectivity index (χ3n) is 2.66. The van der Waals surface area contributed by atoms with Crippen molar-refractivity contribution in [1.82, 2.24) is 4.98 Å². The number of nitrogens with zero attached hydrogens (tertiary/aromatic N) is 2. The fourth-order valence-corrected chi connectivity index (χ4v) is 2.17. The second-order valence-corrected chi connectivity index (χ2v) is 4.71. The molecule has 0 unspecified atom stereocenters. The van der Waals surface area contributed by atoms with Crippen LogP contribution in [0.15, 0.2) is 22.8 Å². The zero-order chi connectivity index (χ0) is 12.3. The molecule has 6 heteroatoms. The molecular weight excluding hydrogens is 288 g/mol. The molecule has 1 aromatic heterocycles. The molecule has 2 rings (SSSR count). The summed E-state index contributed by atoms with van der Waals surface area (Å²) >= 11 is 3.33. The van der Waals surface area contributed by atoms with E-state index in [1.807, 2.05) is 23.1 Å². The SMILES string of the molecule is COCO[C@@H]1CN(c2cccc(Br)n2)C[C@H]1O. The molecule has 1 aliphatic rings. The fourth-order valence-electron chi connectivity index (χ4n) is 1.84. The number of aromatic nitrogens is 1. The summed E-state index contributed by atoms with van der Waals surface area (Å²) in [6, 6.07) is 5.70. The Kier molecular flexibility index (Phi) is 4.33. The maximum atomic E-state index is 9.85. The van der Waals surface area contributed by atoms with E-state index in [9.17, 15) is 5.11 Å². The molecule has 1 aliphatic heterocycles. The molecule has 2 heterocycles. The predicted octanol–water partition coefficient (Wildman–Crippen LogP) is 1.01. The van der Waals surface area contributed by atoms with Crippen LogP contribution < -0.4 is 4.90 Å². The van der Waals surface area contributed by atoms with Crippen LogP contribution in [0.25, 0.3) is 0 Å². The van der Waals surface area contributed by atoms with Gasteiger partial charge in [0.2, 0.25) is 0 Å². The first-order chi connectivity index (χ1) is 8.20. The predicted molar refractivity (Wildman–Crippen MR) is 66.9 cm³/mol. The van der Waals surface area contributed by atoms with Crippen molar-refractivity contribution < 1.29 is 14.6 Å². The van der Waals surface area contributed by atoms with Crippen LogP contribution in [0.2, 0.25) is 0 Å². The number of methoxy groups -OCH3 is 1. The molecule has 0 aromatic carbocycles. The Morgan fingerprint density at radius 3 is 3.06 bits per heavy atom. The lowest BCUT2D eigenvalue weighted by molar-refractivity contribution is -0.0946. The zero-order valence-electron chi connectivity index (χ0n) is 9.54. The fraction of sp³-hybridized carbons (Fsp3) is 0.545. The van der Waals surface area contributed by atoms with Gasteiger partial charge < -0.3 is 19.5 Å². The number of β-amino-alcohol motifs (C(OH)–C–C–N with tert-alkyl or cyclic N) is 1. The number of ether oxygens (including phenoxy) is 2. The molecule has 1 N–H and O–H groups in total. The normalized spacial score (nSPS) is 24.3. The van der Waals surface area contributed by atoms with Crippen LogP contribution in [-0.4, -0.2) is 49.3 Å². The highest BCUT2D eigenvalue weighted by molar-refractivity contribution is 9.10. The van der Waals surface area contributed by atoms with Gasteiger partial charge in [0.15, 0.2) is 0 Å². The number of rotatable bonds is 4. The average molecular weight is 303 g/mol. The number of pyridine rings is 1. The lowest BCUT2D eigenvalue weighted by Crippen LogP contribution is -2.27. The molecule has 1 aromatic rings. The number of aliphatic hydroxyl groups is 1. The maximum absolute atomic E-state index is 9.85. The Balaban J connectivity index is 2.00. The van der Waals surface area contributed by atoms with E-state index in [1.54, 1.807) is 7.11 Å². The standard InChI is InChI=1S/C11H15BrN2O3/c1-16-7-17-9-6-14(5-8(9)15)11-4-2-3-10(12)13-11/h2-4,8-9,15H,5-7H2,1H3/t8-,9-/m1/s1. The Bertz CT molecular complexity index is 377. The van der Waals surface area contributed by atoms with Gasteiger partial charge in [0.25, 0.3) is 0 Å². The van der Waals surface area contributed by atoms with Crippen LogP contribution in [-0.2, 0) is 9.47 Å². The minimum atomic E-state index is -0.508. The first-order valence-electron chi connectivity index (χ1n) is 5.37. The molecule has 0 amide bonds. The van der Waals surface area contributed by atoms with E-state index in [1.165, 1.54) is 0 Å². The van der Waals surface area contributed by atoms with Crippen LogP contribution >= 0.6 is 15.9 Å². The molecule has 0 aliphatic carbocycles. The van der Waals surface area contributed by atoms with Gasteiger partial charge in [-0.1, -0.05) is 6.07 Å². The van der Waals surface area contributed by atoms with Crippen molar-refractivity contribution in [2.24, 2.45) is 0 Å². The van der Waals surface area contributed by atoms with Gasteiger partial charge >= 0.3 is 0 Å². The van der Waals surface area contributed by atoms with E-state index in [0.717, 1.165) is 10.4 Å². The third-order valence-corrected chi connectivity index (χ3v) is 3.10. The van der Waals surface area contributed by atoms with Crippen molar-refractivity contribution in [3.05, 3.63) is 22.8 Å². The van der Waals surface area contributed by atoms with Gasteiger partial charge in [0.1, 0.15) is 23.3 Å². The number of halogens is 1. The van der Waals surface area contributed by atoms with Gasteiger partial charge in [0.05, 0.1) is 6.10 Å². The van der Waals surface area contributed by atoms with E-state index >= 15 is 0 Å². The maximum Gasteiger partial charge on any atom is 0.146 e. The van der Waals surface area contributed by atoms with Crippen LogP contribution in [0.3, 0.4) is 0 Å². The van der Waals surface area contributed by atoms with Crippen LogP contribution in [0, 0.1) is 0 Å².